The van der Waals surface area contributed by atoms with Gasteiger partial charge in [-0.3, -0.25) is 4.79 Å². The predicted molar refractivity (Wildman–Crippen MR) is 135 cm³/mol. The van der Waals surface area contributed by atoms with Crippen molar-refractivity contribution in [3.63, 3.8) is 0 Å². The molecule has 1 spiro atoms. The maximum Gasteiger partial charge on any atom is 0.410 e. The normalized spacial score (nSPS) is 32.3. The van der Waals surface area contributed by atoms with Crippen LogP contribution < -0.4 is 5.32 Å². The molecule has 1 aromatic carbocycles. The molecule has 1 saturated carbocycles. The molecule has 1 N–H and O–H groups in total. The van der Waals surface area contributed by atoms with E-state index >= 15 is 0 Å². The van der Waals surface area contributed by atoms with Crippen molar-refractivity contribution in [1.29, 1.82) is 0 Å². The average Bonchev–Trinajstić information content (AvgIpc) is 3.67. The number of nitrogens with one attached hydrogen (secondary N) is 1. The molecule has 0 radical (unpaired) electrons. The van der Waals surface area contributed by atoms with Crippen molar-refractivity contribution in [3.05, 3.63) is 35.4 Å². The topological polar surface area (TPSA) is 61.9 Å². The zero-order valence-electron chi connectivity index (χ0n) is 20.5. The monoisotopic (exact) mass is 469 g/mol. The molecule has 3 saturated heterocycles. The summed E-state index contributed by atoms with van der Waals surface area (Å²) in [7, 11) is 0. The summed E-state index contributed by atoms with van der Waals surface area (Å²) >= 11 is 0. The molecule has 0 aromatic heterocycles. The third-order valence-electron chi connectivity index (χ3n) is 9.54. The van der Waals surface area contributed by atoms with Gasteiger partial charge < -0.3 is 19.9 Å². The summed E-state index contributed by atoms with van der Waals surface area (Å²) in [5.41, 5.74) is 3.09. The summed E-state index contributed by atoms with van der Waals surface area (Å²) in [6.07, 6.45) is 11.0. The second-order valence-corrected chi connectivity index (χ2v) is 11.4. The van der Waals surface area contributed by atoms with E-state index in [1.54, 1.807) is 0 Å². The second kappa shape index (κ2) is 8.85. The number of ether oxygens (including phenoxy) is 1. The summed E-state index contributed by atoms with van der Waals surface area (Å²) in [6, 6.07) is 10.4. The molecule has 2 bridgehead atoms. The van der Waals surface area contributed by atoms with E-state index in [1.165, 1.54) is 30.4 Å². The molecule has 1 aromatic rings. The Morgan fingerprint density at radius 2 is 1.71 bits per heavy atom. The lowest BCUT2D eigenvalue weighted by molar-refractivity contribution is -0.123. The highest BCUT2D eigenvalue weighted by molar-refractivity contribution is 5.81. The van der Waals surface area contributed by atoms with Crippen molar-refractivity contribution in [2.45, 2.75) is 101 Å². The molecule has 6 rings (SSSR count). The van der Waals surface area contributed by atoms with Crippen molar-refractivity contribution in [2.24, 2.45) is 5.92 Å². The Labute approximate surface area is 206 Å². The van der Waals surface area contributed by atoms with Crippen molar-refractivity contribution in [3.8, 4) is 0 Å². The quantitative estimate of drug-likeness (QED) is 0.672. The fourth-order valence-corrected chi connectivity index (χ4v) is 7.56. The van der Waals surface area contributed by atoms with Crippen LogP contribution >= 0.6 is 0 Å². The minimum Gasteiger partial charge on any atom is -0.450 e. The average molecular weight is 470 g/mol. The number of hydrogen-bond acceptors (Lipinski definition) is 4. The molecule has 2 amide bonds. The van der Waals surface area contributed by atoms with E-state index in [4.69, 9.17) is 4.74 Å². The summed E-state index contributed by atoms with van der Waals surface area (Å²) < 4.78 is 5.35. The third kappa shape index (κ3) is 3.92. The van der Waals surface area contributed by atoms with E-state index in [2.05, 4.69) is 39.4 Å². The SMILES string of the molecule is CCOC(=O)N1C2CCC1CC(N1CCC3(CC[C@H](NC(=O)C4CC4)c4ccccc43)CC1)C2.[HH].[HH]. The van der Waals surface area contributed by atoms with Gasteiger partial charge in [0.2, 0.25) is 5.91 Å². The van der Waals surface area contributed by atoms with Crippen LogP contribution in [0.4, 0.5) is 4.79 Å². The Morgan fingerprint density at radius 3 is 2.38 bits per heavy atom. The number of rotatable bonds is 4. The molecule has 6 nitrogen and oxygen atoms in total. The van der Waals surface area contributed by atoms with Crippen LogP contribution in [0.15, 0.2) is 24.3 Å². The second-order valence-electron chi connectivity index (χ2n) is 11.4. The fraction of sp³-hybridized carbons (Fsp3) is 0.714. The molecular formula is C28H43N3O3. The zero-order valence-corrected chi connectivity index (χ0v) is 20.5. The number of nitrogens with zero attached hydrogens (tertiary/aromatic N) is 2. The van der Waals surface area contributed by atoms with Gasteiger partial charge >= 0.3 is 6.09 Å². The molecule has 2 unspecified atom stereocenters. The third-order valence-corrected chi connectivity index (χ3v) is 9.54. The Morgan fingerprint density at radius 1 is 1.00 bits per heavy atom. The van der Waals surface area contributed by atoms with Crippen molar-refractivity contribution < 1.29 is 17.2 Å². The molecule has 6 heteroatoms. The Balaban J connectivity index is 0.00000152. The lowest BCUT2D eigenvalue weighted by Crippen LogP contribution is -2.55. The van der Waals surface area contributed by atoms with Gasteiger partial charge in [-0.2, -0.15) is 0 Å². The van der Waals surface area contributed by atoms with Gasteiger partial charge in [0.1, 0.15) is 0 Å². The molecule has 2 aliphatic carbocycles. The molecule has 3 heterocycles. The standard InChI is InChI=1S/C28H39N3O3.2H2/c1-2-34-27(33)31-20-9-10-21(31)18-22(17-20)30-15-13-28(14-16-30)12-11-25(29-26(32)19-7-8-19)23-5-3-4-6-24(23)28;;/h3-6,19-22,25H,2,7-18H2,1H3,(H,29,32);2*1H/t20?,21?,22?,25-;;/m0../s1. The van der Waals surface area contributed by atoms with Gasteiger partial charge in [0.05, 0.1) is 12.6 Å². The number of carbonyl (C=O) groups is 2. The minimum absolute atomic E-state index is 0. The van der Waals surface area contributed by atoms with Crippen LogP contribution in [0.25, 0.3) is 0 Å². The van der Waals surface area contributed by atoms with Crippen LogP contribution in [0.5, 0.6) is 0 Å². The summed E-state index contributed by atoms with van der Waals surface area (Å²) in [4.78, 5) is 29.7. The van der Waals surface area contributed by atoms with Crippen molar-refractivity contribution in [2.75, 3.05) is 19.7 Å². The first kappa shape index (κ1) is 22.4. The van der Waals surface area contributed by atoms with E-state index in [1.807, 2.05) is 6.92 Å². The van der Waals surface area contributed by atoms with Gasteiger partial charge in [0.15, 0.2) is 0 Å². The molecule has 3 atom stereocenters. The van der Waals surface area contributed by atoms with Gasteiger partial charge in [-0.05, 0) is 101 Å². The van der Waals surface area contributed by atoms with Crippen LogP contribution in [0.1, 0.15) is 91.2 Å². The maximum absolute atomic E-state index is 12.5. The number of hydrogen-bond donors (Lipinski definition) is 1. The van der Waals surface area contributed by atoms with Crippen LogP contribution in [0, 0.1) is 5.92 Å². The predicted octanol–water partition coefficient (Wildman–Crippen LogP) is 5.03. The molecular weight excluding hydrogens is 426 g/mol. The smallest absolute Gasteiger partial charge is 0.410 e. The first-order valence-corrected chi connectivity index (χ1v) is 13.7. The Kier molecular flexibility index (Phi) is 5.83. The first-order chi connectivity index (χ1) is 16.6. The van der Waals surface area contributed by atoms with Gasteiger partial charge in [0.25, 0.3) is 0 Å². The molecule has 5 aliphatic rings. The van der Waals surface area contributed by atoms with E-state index in [9.17, 15) is 9.59 Å². The highest BCUT2D eigenvalue weighted by Gasteiger charge is 2.48. The summed E-state index contributed by atoms with van der Waals surface area (Å²) in [6.45, 7) is 4.62. The lowest BCUT2D eigenvalue weighted by atomic mass is 9.63. The molecule has 4 fully saturated rings. The Hall–Kier alpha value is -2.08. The summed E-state index contributed by atoms with van der Waals surface area (Å²) in [5.74, 6) is 0.520. The number of fused-ring (bicyclic) bond motifs is 4. The van der Waals surface area contributed by atoms with E-state index < -0.39 is 0 Å². The molecule has 188 valence electrons. The van der Waals surface area contributed by atoms with Crippen LogP contribution in [-0.2, 0) is 14.9 Å². The maximum atomic E-state index is 12.5. The van der Waals surface area contributed by atoms with Crippen LogP contribution in [0.3, 0.4) is 0 Å². The first-order valence-electron chi connectivity index (χ1n) is 13.7. The van der Waals surface area contributed by atoms with E-state index in [-0.39, 0.29) is 32.2 Å². The van der Waals surface area contributed by atoms with E-state index in [0.717, 1.165) is 58.0 Å². The van der Waals surface area contributed by atoms with Gasteiger partial charge in [-0.1, -0.05) is 24.3 Å². The number of amides is 2. The van der Waals surface area contributed by atoms with Gasteiger partial charge in [-0.15, -0.1) is 0 Å². The number of likely N-dealkylation sites (tertiary alicyclic amines) is 1. The molecule has 3 aliphatic heterocycles. The van der Waals surface area contributed by atoms with Gasteiger partial charge in [-0.25, -0.2) is 4.79 Å². The lowest BCUT2D eigenvalue weighted by Gasteiger charge is -2.50. The van der Waals surface area contributed by atoms with Crippen LogP contribution in [-0.4, -0.2) is 59.6 Å². The van der Waals surface area contributed by atoms with Crippen molar-refractivity contribution in [1.82, 2.24) is 15.1 Å². The summed E-state index contributed by atoms with van der Waals surface area (Å²) in [5, 5.41) is 3.37. The highest BCUT2D eigenvalue weighted by atomic mass is 16.6. The fourth-order valence-electron chi connectivity index (χ4n) is 7.56. The minimum atomic E-state index is -0.104. The van der Waals surface area contributed by atoms with Gasteiger partial charge in [0, 0.05) is 26.9 Å². The van der Waals surface area contributed by atoms with Crippen LogP contribution in [0.2, 0.25) is 0 Å². The van der Waals surface area contributed by atoms with Crippen molar-refractivity contribution >= 4 is 12.0 Å². The molecule has 34 heavy (non-hydrogen) atoms. The Bertz CT molecular complexity index is 934. The van der Waals surface area contributed by atoms with E-state index in [0.29, 0.717) is 24.7 Å². The highest BCUT2D eigenvalue weighted by Crippen LogP contribution is 2.49. The number of carbonyl (C=O) groups excluding carboxylic acids is 2. The largest absolute Gasteiger partial charge is 0.450 e. The number of benzene rings is 1. The number of piperidine rings is 2. The zero-order chi connectivity index (χ0) is 23.3.